The first-order valence-corrected chi connectivity index (χ1v) is 10.4. The van der Waals surface area contributed by atoms with E-state index in [1.807, 2.05) is 18.7 Å². The maximum Gasteiger partial charge on any atom is 0.254 e. The zero-order valence-electron chi connectivity index (χ0n) is 17.3. The van der Waals surface area contributed by atoms with Gasteiger partial charge in [0.15, 0.2) is 11.6 Å². The summed E-state index contributed by atoms with van der Waals surface area (Å²) in [5, 5.41) is 0.538. The van der Waals surface area contributed by atoms with E-state index in [4.69, 9.17) is 16.3 Å². The molecule has 31 heavy (non-hydrogen) atoms. The van der Waals surface area contributed by atoms with Crippen molar-refractivity contribution in [2.45, 2.75) is 19.9 Å². The van der Waals surface area contributed by atoms with Crippen LogP contribution in [0.5, 0.6) is 11.6 Å². The first-order chi connectivity index (χ1) is 14.9. The van der Waals surface area contributed by atoms with Crippen LogP contribution >= 0.6 is 11.6 Å². The Morgan fingerprint density at radius 1 is 1.16 bits per heavy atom. The number of hydrogen-bond acceptors (Lipinski definition) is 5. The third kappa shape index (κ3) is 4.77. The number of nitrogens with zero attached hydrogens (tertiary/aromatic N) is 4. The van der Waals surface area contributed by atoms with Crippen molar-refractivity contribution in [3.63, 3.8) is 0 Å². The molecule has 0 saturated carbocycles. The second kappa shape index (κ2) is 8.89. The van der Waals surface area contributed by atoms with Gasteiger partial charge in [-0.15, -0.1) is 0 Å². The standard InChI is InChI=1S/C23H22ClFN4O2/c1-15-6-7-19(25)20(10-15)31-22-12-21(26-14-27-22)28-8-9-29(16(2)13-28)23(30)17-4-3-5-18(24)11-17/h3-7,10-12,14,16H,8-9,13H2,1-2H3/t16-/m1/s1. The second-order valence-electron chi connectivity index (χ2n) is 7.55. The normalized spacial score (nSPS) is 16.3. The van der Waals surface area contributed by atoms with Crippen LogP contribution in [0.15, 0.2) is 54.9 Å². The molecule has 2 heterocycles. The smallest absolute Gasteiger partial charge is 0.254 e. The van der Waals surface area contributed by atoms with E-state index >= 15 is 0 Å². The van der Waals surface area contributed by atoms with Crippen molar-refractivity contribution >= 4 is 23.3 Å². The molecule has 1 fully saturated rings. The number of amides is 1. The summed E-state index contributed by atoms with van der Waals surface area (Å²) >= 11 is 6.03. The molecule has 1 amide bonds. The highest BCUT2D eigenvalue weighted by Gasteiger charge is 2.29. The van der Waals surface area contributed by atoms with E-state index in [0.717, 1.165) is 5.56 Å². The summed E-state index contributed by atoms with van der Waals surface area (Å²) in [6.45, 7) is 5.60. The maximum atomic E-state index is 14.0. The van der Waals surface area contributed by atoms with Crippen molar-refractivity contribution in [3.8, 4) is 11.6 Å². The van der Waals surface area contributed by atoms with E-state index in [0.29, 0.717) is 36.0 Å². The molecule has 8 heteroatoms. The molecule has 1 atom stereocenters. The van der Waals surface area contributed by atoms with Gasteiger partial charge in [0.05, 0.1) is 0 Å². The van der Waals surface area contributed by atoms with Crippen molar-refractivity contribution < 1.29 is 13.9 Å². The van der Waals surface area contributed by atoms with Crippen LogP contribution in [-0.4, -0.2) is 46.5 Å². The second-order valence-corrected chi connectivity index (χ2v) is 7.99. The van der Waals surface area contributed by atoms with Crippen LogP contribution in [0.4, 0.5) is 10.2 Å². The summed E-state index contributed by atoms with van der Waals surface area (Å²) in [5.41, 5.74) is 1.46. The minimum atomic E-state index is -0.451. The molecule has 1 aromatic heterocycles. The molecule has 160 valence electrons. The number of aromatic nitrogens is 2. The topological polar surface area (TPSA) is 58.6 Å². The summed E-state index contributed by atoms with van der Waals surface area (Å²) in [5.74, 6) is 0.554. The first kappa shape index (κ1) is 21.1. The van der Waals surface area contributed by atoms with Gasteiger partial charge in [-0.2, -0.15) is 0 Å². The lowest BCUT2D eigenvalue weighted by Gasteiger charge is -2.40. The monoisotopic (exact) mass is 440 g/mol. The number of benzene rings is 2. The van der Waals surface area contributed by atoms with Gasteiger partial charge in [-0.3, -0.25) is 4.79 Å². The molecule has 3 aromatic rings. The van der Waals surface area contributed by atoms with Crippen molar-refractivity contribution in [2.24, 2.45) is 0 Å². The van der Waals surface area contributed by atoms with E-state index in [-0.39, 0.29) is 23.6 Å². The van der Waals surface area contributed by atoms with E-state index in [9.17, 15) is 9.18 Å². The maximum absolute atomic E-state index is 14.0. The number of rotatable bonds is 4. The number of halogens is 2. The van der Waals surface area contributed by atoms with Crippen LogP contribution in [0.3, 0.4) is 0 Å². The Balaban J connectivity index is 1.46. The number of ether oxygens (including phenoxy) is 1. The van der Waals surface area contributed by atoms with Gasteiger partial charge in [0.25, 0.3) is 5.91 Å². The Morgan fingerprint density at radius 2 is 2.00 bits per heavy atom. The number of anilines is 1. The van der Waals surface area contributed by atoms with Crippen LogP contribution in [-0.2, 0) is 0 Å². The van der Waals surface area contributed by atoms with Crippen molar-refractivity contribution in [1.29, 1.82) is 0 Å². The fourth-order valence-electron chi connectivity index (χ4n) is 3.61. The van der Waals surface area contributed by atoms with E-state index in [1.165, 1.54) is 12.4 Å². The Hall–Kier alpha value is -3.19. The van der Waals surface area contributed by atoms with Crippen molar-refractivity contribution in [2.75, 3.05) is 24.5 Å². The fourth-order valence-corrected chi connectivity index (χ4v) is 3.81. The molecule has 6 nitrogen and oxygen atoms in total. The molecule has 1 saturated heterocycles. The van der Waals surface area contributed by atoms with Gasteiger partial charge in [-0.05, 0) is 49.7 Å². The predicted molar refractivity (Wildman–Crippen MR) is 117 cm³/mol. The van der Waals surface area contributed by atoms with Gasteiger partial charge in [0, 0.05) is 42.3 Å². The van der Waals surface area contributed by atoms with Crippen LogP contribution in [0.1, 0.15) is 22.8 Å². The van der Waals surface area contributed by atoms with Crippen LogP contribution in [0.2, 0.25) is 5.02 Å². The van der Waals surface area contributed by atoms with E-state index in [1.54, 1.807) is 42.5 Å². The zero-order valence-corrected chi connectivity index (χ0v) is 18.0. The fraction of sp³-hybridized carbons (Fsp3) is 0.261. The summed E-state index contributed by atoms with van der Waals surface area (Å²) in [4.78, 5) is 25.2. The first-order valence-electron chi connectivity index (χ1n) is 9.98. The summed E-state index contributed by atoms with van der Waals surface area (Å²) in [6, 6.07) is 13.3. The van der Waals surface area contributed by atoms with Crippen molar-refractivity contribution in [3.05, 3.63) is 76.8 Å². The molecule has 2 aromatic carbocycles. The van der Waals surface area contributed by atoms with Gasteiger partial charge in [0.1, 0.15) is 12.1 Å². The molecular formula is C23H22ClFN4O2. The van der Waals surface area contributed by atoms with E-state index in [2.05, 4.69) is 14.9 Å². The number of aryl methyl sites for hydroxylation is 1. The molecule has 0 N–H and O–H groups in total. The molecule has 4 rings (SSSR count). The summed E-state index contributed by atoms with van der Waals surface area (Å²) < 4.78 is 19.7. The lowest BCUT2D eigenvalue weighted by molar-refractivity contribution is 0.0673. The average molecular weight is 441 g/mol. The number of carbonyl (C=O) groups excluding carboxylic acids is 1. The summed E-state index contributed by atoms with van der Waals surface area (Å²) in [7, 11) is 0. The third-order valence-electron chi connectivity index (χ3n) is 5.21. The Kier molecular flexibility index (Phi) is 6.04. The van der Waals surface area contributed by atoms with E-state index < -0.39 is 5.82 Å². The SMILES string of the molecule is Cc1ccc(F)c(Oc2cc(N3CCN(C(=O)c4cccc(Cl)c4)[C@H](C)C3)ncn2)c1. The number of hydrogen-bond donors (Lipinski definition) is 0. The minimum Gasteiger partial charge on any atom is -0.436 e. The lowest BCUT2D eigenvalue weighted by atomic mass is 10.1. The highest BCUT2D eigenvalue weighted by atomic mass is 35.5. The summed E-state index contributed by atoms with van der Waals surface area (Å²) in [6.07, 6.45) is 1.40. The third-order valence-corrected chi connectivity index (χ3v) is 5.45. The highest BCUT2D eigenvalue weighted by Crippen LogP contribution is 2.27. The minimum absolute atomic E-state index is 0.0335. The molecular weight excluding hydrogens is 419 g/mol. The lowest BCUT2D eigenvalue weighted by Crippen LogP contribution is -2.54. The molecule has 0 unspecified atom stereocenters. The number of piperazine rings is 1. The molecule has 0 bridgehead atoms. The highest BCUT2D eigenvalue weighted by molar-refractivity contribution is 6.30. The molecule has 1 aliphatic heterocycles. The molecule has 0 aliphatic carbocycles. The van der Waals surface area contributed by atoms with Crippen LogP contribution < -0.4 is 9.64 Å². The van der Waals surface area contributed by atoms with Gasteiger partial charge in [0.2, 0.25) is 5.88 Å². The predicted octanol–water partition coefficient (Wildman–Crippen LogP) is 4.72. The van der Waals surface area contributed by atoms with Gasteiger partial charge >= 0.3 is 0 Å². The van der Waals surface area contributed by atoms with Gasteiger partial charge in [-0.25, -0.2) is 14.4 Å². The average Bonchev–Trinajstić information content (AvgIpc) is 2.76. The molecule has 0 radical (unpaired) electrons. The largest absolute Gasteiger partial charge is 0.436 e. The van der Waals surface area contributed by atoms with Crippen molar-refractivity contribution in [1.82, 2.24) is 14.9 Å². The van der Waals surface area contributed by atoms with Crippen LogP contribution in [0.25, 0.3) is 0 Å². The van der Waals surface area contributed by atoms with Crippen LogP contribution in [0, 0.1) is 12.7 Å². The zero-order chi connectivity index (χ0) is 22.0. The quantitative estimate of drug-likeness (QED) is 0.587. The van der Waals surface area contributed by atoms with Gasteiger partial charge < -0.3 is 14.5 Å². The van der Waals surface area contributed by atoms with Gasteiger partial charge in [-0.1, -0.05) is 23.7 Å². The number of carbonyl (C=O) groups is 1. The molecule has 1 aliphatic rings. The molecule has 0 spiro atoms. The Labute approximate surface area is 185 Å². The Morgan fingerprint density at radius 3 is 2.77 bits per heavy atom. The Bertz CT molecular complexity index is 1110.